The number of nitrogens with zero attached hydrogens (tertiary/aromatic N) is 1. The molecule has 0 amide bonds. The van der Waals surface area contributed by atoms with Crippen LogP contribution in [-0.4, -0.2) is 22.3 Å². The van der Waals surface area contributed by atoms with Crippen LogP contribution in [0.3, 0.4) is 0 Å². The van der Waals surface area contributed by atoms with Crippen molar-refractivity contribution in [2.24, 2.45) is 0 Å². The van der Waals surface area contributed by atoms with Crippen molar-refractivity contribution in [2.45, 2.75) is 13.1 Å². The Balaban J connectivity index is 1.81. The molecule has 154 valence electrons. The van der Waals surface area contributed by atoms with E-state index in [-0.39, 0.29) is 0 Å². The minimum absolute atomic E-state index is 0.648. The van der Waals surface area contributed by atoms with Crippen LogP contribution in [0.15, 0.2) is 79.0 Å². The summed E-state index contributed by atoms with van der Waals surface area (Å²) in [7, 11) is 0. The maximum absolute atomic E-state index is 13.2. The van der Waals surface area contributed by atoms with Gasteiger partial charge in [0.2, 0.25) is 5.69 Å². The summed E-state index contributed by atoms with van der Waals surface area (Å²) in [6, 6.07) is 21.5. The fourth-order valence-electron chi connectivity index (χ4n) is 4.27. The minimum atomic E-state index is -4.36. The van der Waals surface area contributed by atoms with Crippen LogP contribution in [0.1, 0.15) is 29.2 Å². The number of hydrogen-bond donors (Lipinski definition) is 1. The first-order chi connectivity index (χ1) is 15.0. The van der Waals surface area contributed by atoms with Crippen LogP contribution in [-0.2, 0) is 6.18 Å². The second-order valence-electron chi connectivity index (χ2n) is 7.54. The molecule has 0 fully saturated rings. The van der Waals surface area contributed by atoms with Crippen molar-refractivity contribution in [2.75, 3.05) is 6.54 Å². The third kappa shape index (κ3) is 3.26. The number of nitrogens with one attached hydrogen (secondary N) is 1. The molecule has 0 aliphatic carbocycles. The van der Waals surface area contributed by atoms with Crippen molar-refractivity contribution in [3.63, 3.8) is 0 Å². The Morgan fingerprint density at radius 3 is 2.35 bits per heavy atom. The molecule has 0 bridgehead atoms. The summed E-state index contributed by atoms with van der Waals surface area (Å²) in [5.74, 6) is 0. The van der Waals surface area contributed by atoms with Gasteiger partial charge in [-0.3, -0.25) is 0 Å². The molecule has 0 saturated heterocycles. The van der Waals surface area contributed by atoms with Crippen molar-refractivity contribution < 1.29 is 17.7 Å². The molecular weight excluding hydrogens is 397 g/mol. The van der Waals surface area contributed by atoms with Gasteiger partial charge in [0.25, 0.3) is 0 Å². The summed E-state index contributed by atoms with van der Waals surface area (Å²) >= 11 is 0. The first-order valence-electron chi connectivity index (χ1n) is 10.2. The van der Waals surface area contributed by atoms with E-state index in [2.05, 4.69) is 34.8 Å². The van der Waals surface area contributed by atoms with E-state index in [1.54, 1.807) is 12.1 Å². The van der Waals surface area contributed by atoms with Gasteiger partial charge in [-0.05, 0) is 36.8 Å². The van der Waals surface area contributed by atoms with Crippen LogP contribution in [0.5, 0.6) is 0 Å². The second-order valence-corrected chi connectivity index (χ2v) is 7.54. The molecule has 0 radical (unpaired) electrons. The Labute approximate surface area is 178 Å². The van der Waals surface area contributed by atoms with Crippen LogP contribution < -0.4 is 0 Å². The maximum atomic E-state index is 13.2. The zero-order chi connectivity index (χ0) is 21.6. The minimum Gasteiger partial charge on any atom is -0.361 e. The van der Waals surface area contributed by atoms with E-state index in [0.717, 1.165) is 63.1 Å². The van der Waals surface area contributed by atoms with E-state index >= 15 is 0 Å². The molecule has 1 aliphatic rings. The van der Waals surface area contributed by atoms with Crippen molar-refractivity contribution in [3.05, 3.63) is 101 Å². The molecule has 4 aromatic rings. The molecule has 31 heavy (non-hydrogen) atoms. The van der Waals surface area contributed by atoms with Crippen LogP contribution in [0.25, 0.3) is 22.0 Å². The number of H-pyrrole nitrogens is 1. The molecule has 0 spiro atoms. The first-order valence-corrected chi connectivity index (χ1v) is 10.2. The van der Waals surface area contributed by atoms with Gasteiger partial charge >= 0.3 is 6.18 Å². The predicted molar refractivity (Wildman–Crippen MR) is 119 cm³/mol. The summed E-state index contributed by atoms with van der Waals surface area (Å²) in [5, 5.41) is 1.03. The number of aromatic amines is 1. The highest BCUT2D eigenvalue weighted by Crippen LogP contribution is 2.41. The predicted octanol–water partition coefficient (Wildman–Crippen LogP) is 6.89. The molecule has 2 nitrogen and oxygen atoms in total. The third-order valence-corrected chi connectivity index (χ3v) is 5.76. The van der Waals surface area contributed by atoms with E-state index in [9.17, 15) is 13.2 Å². The number of rotatable bonds is 3. The van der Waals surface area contributed by atoms with Crippen molar-refractivity contribution in [1.29, 1.82) is 0 Å². The normalized spacial score (nSPS) is 15.2. The quantitative estimate of drug-likeness (QED) is 0.350. The third-order valence-electron chi connectivity index (χ3n) is 5.76. The lowest BCUT2D eigenvalue weighted by Gasteiger charge is -2.12. The SMILES string of the molecule is CC[N+]1=CC(=C(c2ccc(C(F)(F)F)cc2)c2c[nH]c3ccccc23)c2ccccc21. The van der Waals surface area contributed by atoms with Crippen LogP contribution in [0.4, 0.5) is 18.9 Å². The number of benzene rings is 3. The van der Waals surface area contributed by atoms with E-state index in [0.29, 0.717) is 0 Å². The average Bonchev–Trinajstić information content (AvgIpc) is 3.36. The number of para-hydroxylation sites is 2. The summed E-state index contributed by atoms with van der Waals surface area (Å²) in [5.41, 5.74) is 6.14. The summed E-state index contributed by atoms with van der Waals surface area (Å²) in [6.45, 7) is 2.88. The summed E-state index contributed by atoms with van der Waals surface area (Å²) in [4.78, 5) is 3.31. The monoisotopic (exact) mass is 417 g/mol. The van der Waals surface area contributed by atoms with Gasteiger partial charge < -0.3 is 4.98 Å². The lowest BCUT2D eigenvalue weighted by molar-refractivity contribution is -0.427. The zero-order valence-electron chi connectivity index (χ0n) is 16.9. The van der Waals surface area contributed by atoms with Gasteiger partial charge in [0.05, 0.1) is 16.7 Å². The molecule has 0 saturated carbocycles. The number of aromatic nitrogens is 1. The molecule has 5 rings (SSSR count). The summed E-state index contributed by atoms with van der Waals surface area (Å²) < 4.78 is 41.7. The number of halogens is 3. The Hall–Kier alpha value is -3.60. The molecule has 2 heterocycles. The van der Waals surface area contributed by atoms with Gasteiger partial charge in [-0.1, -0.05) is 42.5 Å². The number of alkyl halides is 3. The molecule has 0 atom stereocenters. The van der Waals surface area contributed by atoms with Gasteiger partial charge in [-0.2, -0.15) is 17.7 Å². The Morgan fingerprint density at radius 2 is 1.61 bits per heavy atom. The first kappa shape index (κ1) is 19.4. The largest absolute Gasteiger partial charge is 0.416 e. The van der Waals surface area contributed by atoms with Gasteiger partial charge in [-0.15, -0.1) is 0 Å². The smallest absolute Gasteiger partial charge is 0.361 e. The standard InChI is InChI=1S/C26H19F3N2/c1-2-31-16-22(20-8-4-6-10-24(20)31)25(17-11-13-18(14-12-17)26(27,28)29)21-15-30-23-9-5-3-7-19(21)23/h3-16H,2H2,1H3/p+1. The number of fused-ring (bicyclic) bond motifs is 2. The van der Waals surface area contributed by atoms with Gasteiger partial charge in [0, 0.05) is 34.3 Å². The highest BCUT2D eigenvalue weighted by Gasteiger charge is 2.32. The second kappa shape index (κ2) is 7.27. The Kier molecular flexibility index (Phi) is 4.54. The molecule has 0 unspecified atom stereocenters. The fourth-order valence-corrected chi connectivity index (χ4v) is 4.27. The van der Waals surface area contributed by atoms with Gasteiger partial charge in [0.15, 0.2) is 6.21 Å². The Bertz CT molecular complexity index is 1340. The lowest BCUT2D eigenvalue weighted by atomic mass is 9.89. The maximum Gasteiger partial charge on any atom is 0.416 e. The number of hydrogen-bond acceptors (Lipinski definition) is 0. The lowest BCUT2D eigenvalue weighted by Crippen LogP contribution is -2.05. The van der Waals surface area contributed by atoms with E-state index in [1.807, 2.05) is 42.6 Å². The molecule has 1 aromatic heterocycles. The molecular formula is C26H20F3N2+. The molecule has 1 N–H and O–H groups in total. The zero-order valence-corrected chi connectivity index (χ0v) is 16.9. The highest BCUT2D eigenvalue weighted by molar-refractivity contribution is 6.25. The average molecular weight is 417 g/mol. The van der Waals surface area contributed by atoms with Gasteiger partial charge in [-0.25, -0.2) is 0 Å². The summed E-state index contributed by atoms with van der Waals surface area (Å²) in [6.07, 6.45) is -0.327. The molecule has 5 heteroatoms. The van der Waals surface area contributed by atoms with Crippen LogP contribution >= 0.6 is 0 Å². The topological polar surface area (TPSA) is 18.8 Å². The molecule has 3 aromatic carbocycles. The van der Waals surface area contributed by atoms with Gasteiger partial charge in [0.1, 0.15) is 6.54 Å². The van der Waals surface area contributed by atoms with Crippen molar-refractivity contribution in [1.82, 2.24) is 4.98 Å². The molecule has 1 aliphatic heterocycles. The Morgan fingerprint density at radius 1 is 0.903 bits per heavy atom. The van der Waals surface area contributed by atoms with Crippen LogP contribution in [0.2, 0.25) is 0 Å². The van der Waals surface area contributed by atoms with E-state index in [1.165, 1.54) is 0 Å². The van der Waals surface area contributed by atoms with Crippen molar-refractivity contribution >= 4 is 34.0 Å². The fraction of sp³-hybridized carbons (Fsp3) is 0.115. The van der Waals surface area contributed by atoms with Crippen LogP contribution in [0, 0.1) is 0 Å². The highest BCUT2D eigenvalue weighted by atomic mass is 19.4. The number of allylic oxidation sites excluding steroid dienone is 1. The van der Waals surface area contributed by atoms with E-state index in [4.69, 9.17) is 0 Å². The van der Waals surface area contributed by atoms with Crippen molar-refractivity contribution in [3.8, 4) is 0 Å². The van der Waals surface area contributed by atoms with E-state index < -0.39 is 11.7 Å².